The Labute approximate surface area is 141 Å². The third-order valence-electron chi connectivity index (χ3n) is 5.60. The van der Waals surface area contributed by atoms with E-state index in [-0.39, 0.29) is 11.9 Å². The Kier molecular flexibility index (Phi) is 3.86. The molecule has 0 N–H and O–H groups in total. The third kappa shape index (κ3) is 2.52. The van der Waals surface area contributed by atoms with E-state index in [9.17, 15) is 9.59 Å². The van der Waals surface area contributed by atoms with E-state index in [1.807, 2.05) is 9.80 Å². The van der Waals surface area contributed by atoms with Gasteiger partial charge in [-0.25, -0.2) is 14.8 Å². The van der Waals surface area contributed by atoms with Gasteiger partial charge in [0.25, 0.3) is 0 Å². The van der Waals surface area contributed by atoms with Crippen molar-refractivity contribution in [3.63, 3.8) is 0 Å². The van der Waals surface area contributed by atoms with Crippen molar-refractivity contribution in [2.24, 2.45) is 5.41 Å². The van der Waals surface area contributed by atoms with Crippen molar-refractivity contribution in [3.8, 4) is 0 Å². The van der Waals surface area contributed by atoms with E-state index in [1.165, 1.54) is 6.33 Å². The molecule has 1 atom stereocenters. The van der Waals surface area contributed by atoms with Gasteiger partial charge in [-0.15, -0.1) is 0 Å². The van der Waals surface area contributed by atoms with Gasteiger partial charge in [0.15, 0.2) is 0 Å². The molecule has 0 aliphatic carbocycles. The maximum absolute atomic E-state index is 13.1. The molecule has 7 heteroatoms. The molecule has 1 aromatic rings. The molecule has 1 spiro atoms. The first kappa shape index (κ1) is 15.4. The highest BCUT2D eigenvalue weighted by Gasteiger charge is 2.50. The maximum atomic E-state index is 13.1. The minimum atomic E-state index is -0.427. The van der Waals surface area contributed by atoms with Gasteiger partial charge in [-0.2, -0.15) is 0 Å². The average molecular weight is 329 g/mol. The first-order valence-corrected chi connectivity index (χ1v) is 8.80. The van der Waals surface area contributed by atoms with Crippen LogP contribution in [-0.4, -0.2) is 64.4 Å². The largest absolute Gasteiger partial charge is 0.325 e. The molecule has 1 unspecified atom stereocenters. The van der Waals surface area contributed by atoms with Crippen molar-refractivity contribution in [1.82, 2.24) is 19.8 Å². The van der Waals surface area contributed by atoms with Crippen molar-refractivity contribution in [2.45, 2.75) is 32.1 Å². The van der Waals surface area contributed by atoms with Crippen molar-refractivity contribution in [3.05, 3.63) is 18.7 Å². The van der Waals surface area contributed by atoms with Crippen molar-refractivity contribution in [2.75, 3.05) is 37.6 Å². The normalized spacial score (nSPS) is 27.3. The third-order valence-corrected chi connectivity index (χ3v) is 5.60. The van der Waals surface area contributed by atoms with Crippen LogP contribution in [-0.2, 0) is 4.79 Å². The van der Waals surface area contributed by atoms with Gasteiger partial charge in [-0.3, -0.25) is 4.79 Å². The summed E-state index contributed by atoms with van der Waals surface area (Å²) in [7, 11) is 0. The molecule has 0 saturated carbocycles. The molecule has 1 aromatic heterocycles. The van der Waals surface area contributed by atoms with Gasteiger partial charge in [0.2, 0.25) is 5.91 Å². The molecular weight excluding hydrogens is 306 g/mol. The lowest BCUT2D eigenvalue weighted by atomic mass is 9.78. The number of carbonyl (C=O) groups excluding carboxylic acids is 2. The molecule has 0 bridgehead atoms. The number of urea groups is 1. The van der Waals surface area contributed by atoms with E-state index in [2.05, 4.69) is 9.97 Å². The molecule has 0 aromatic carbocycles. The minimum absolute atomic E-state index is 0.112. The van der Waals surface area contributed by atoms with E-state index in [1.54, 1.807) is 17.3 Å². The van der Waals surface area contributed by atoms with Gasteiger partial charge in [0.05, 0.1) is 23.5 Å². The topological polar surface area (TPSA) is 69.6 Å². The van der Waals surface area contributed by atoms with Crippen molar-refractivity contribution >= 4 is 17.6 Å². The van der Waals surface area contributed by atoms with Crippen LogP contribution in [0.1, 0.15) is 32.1 Å². The smallest absolute Gasteiger partial charge is 0.320 e. The van der Waals surface area contributed by atoms with E-state index in [4.69, 9.17) is 0 Å². The van der Waals surface area contributed by atoms with Crippen molar-refractivity contribution < 1.29 is 9.59 Å². The van der Waals surface area contributed by atoms with E-state index < -0.39 is 5.41 Å². The fourth-order valence-electron chi connectivity index (χ4n) is 4.28. The second-order valence-corrected chi connectivity index (χ2v) is 7.09. The van der Waals surface area contributed by atoms with Crippen LogP contribution in [0.5, 0.6) is 0 Å². The molecule has 3 amide bonds. The number of likely N-dealkylation sites (tertiary alicyclic amines) is 2. The Bertz CT molecular complexity index is 631. The summed E-state index contributed by atoms with van der Waals surface area (Å²) >= 11 is 0. The number of rotatable bonds is 1. The average Bonchev–Trinajstić information content (AvgIpc) is 3.26. The molecule has 3 aliphatic heterocycles. The number of hydrogen-bond donors (Lipinski definition) is 0. The Morgan fingerprint density at radius 3 is 2.42 bits per heavy atom. The number of nitrogens with zero attached hydrogens (tertiary/aromatic N) is 5. The first-order valence-electron chi connectivity index (χ1n) is 8.80. The summed E-state index contributed by atoms with van der Waals surface area (Å²) in [4.78, 5) is 39.4. The predicted octanol–water partition coefficient (Wildman–Crippen LogP) is 1.51. The van der Waals surface area contributed by atoms with Crippen LogP contribution in [0.3, 0.4) is 0 Å². The highest BCUT2D eigenvalue weighted by Crippen LogP contribution is 2.41. The summed E-state index contributed by atoms with van der Waals surface area (Å²) in [6.07, 6.45) is 9.56. The van der Waals surface area contributed by atoms with E-state index >= 15 is 0 Å². The SMILES string of the molecule is O=C(N1CCCC1)N1CCCC2(CCN(c3cncnc3)C2=O)C1. The summed E-state index contributed by atoms with van der Waals surface area (Å²) in [5, 5.41) is 0. The van der Waals surface area contributed by atoms with E-state index in [0.717, 1.165) is 57.4 Å². The lowest BCUT2D eigenvalue weighted by Crippen LogP contribution is -2.53. The number of carbonyl (C=O) groups is 2. The number of amides is 3. The second kappa shape index (κ2) is 6.03. The van der Waals surface area contributed by atoms with Gasteiger partial charge in [0, 0.05) is 32.7 Å². The molecule has 24 heavy (non-hydrogen) atoms. The fraction of sp³-hybridized carbons (Fsp3) is 0.647. The molecule has 4 rings (SSSR count). The molecular formula is C17H23N5O2. The van der Waals surface area contributed by atoms with Crippen LogP contribution in [0.25, 0.3) is 0 Å². The summed E-state index contributed by atoms with van der Waals surface area (Å²) in [5.41, 5.74) is 0.325. The summed E-state index contributed by atoms with van der Waals surface area (Å²) < 4.78 is 0. The minimum Gasteiger partial charge on any atom is -0.325 e. The Morgan fingerprint density at radius 1 is 0.958 bits per heavy atom. The first-order chi connectivity index (χ1) is 11.7. The lowest BCUT2D eigenvalue weighted by molar-refractivity contribution is -0.127. The molecule has 4 heterocycles. The zero-order chi connectivity index (χ0) is 16.6. The number of aromatic nitrogens is 2. The number of piperidine rings is 1. The van der Waals surface area contributed by atoms with Gasteiger partial charge < -0.3 is 14.7 Å². The maximum Gasteiger partial charge on any atom is 0.320 e. The fourth-order valence-corrected chi connectivity index (χ4v) is 4.28. The van der Waals surface area contributed by atoms with Crippen LogP contribution in [0, 0.1) is 5.41 Å². The van der Waals surface area contributed by atoms with Gasteiger partial charge in [-0.1, -0.05) is 0 Å². The van der Waals surface area contributed by atoms with Crippen molar-refractivity contribution in [1.29, 1.82) is 0 Å². The Morgan fingerprint density at radius 2 is 1.67 bits per heavy atom. The van der Waals surface area contributed by atoms with Crippen LogP contribution in [0.4, 0.5) is 10.5 Å². The second-order valence-electron chi connectivity index (χ2n) is 7.09. The lowest BCUT2D eigenvalue weighted by Gasteiger charge is -2.40. The highest BCUT2D eigenvalue weighted by molar-refractivity contribution is 6.00. The molecule has 128 valence electrons. The van der Waals surface area contributed by atoms with Crippen LogP contribution < -0.4 is 4.90 Å². The zero-order valence-corrected chi connectivity index (χ0v) is 13.9. The predicted molar refractivity (Wildman–Crippen MR) is 88.4 cm³/mol. The molecule has 7 nitrogen and oxygen atoms in total. The summed E-state index contributed by atoms with van der Waals surface area (Å²) in [6, 6.07) is 0.112. The van der Waals surface area contributed by atoms with E-state index in [0.29, 0.717) is 13.1 Å². The number of hydrogen-bond acceptors (Lipinski definition) is 4. The van der Waals surface area contributed by atoms with Gasteiger partial charge in [0.1, 0.15) is 6.33 Å². The molecule has 3 saturated heterocycles. The summed E-state index contributed by atoms with van der Waals surface area (Å²) in [5.74, 6) is 0.122. The van der Waals surface area contributed by atoms with Gasteiger partial charge >= 0.3 is 6.03 Å². The zero-order valence-electron chi connectivity index (χ0n) is 13.9. The van der Waals surface area contributed by atoms with Gasteiger partial charge in [-0.05, 0) is 32.1 Å². The quantitative estimate of drug-likeness (QED) is 0.783. The Balaban J connectivity index is 1.50. The molecule has 0 radical (unpaired) electrons. The van der Waals surface area contributed by atoms with Crippen LogP contribution in [0.15, 0.2) is 18.7 Å². The monoisotopic (exact) mass is 329 g/mol. The molecule has 3 fully saturated rings. The summed E-state index contributed by atoms with van der Waals surface area (Å²) in [6.45, 7) is 3.69. The molecule has 3 aliphatic rings. The number of anilines is 1. The Hall–Kier alpha value is -2.18. The highest BCUT2D eigenvalue weighted by atomic mass is 16.2. The standard InChI is InChI=1S/C17H23N5O2/c23-15-17(5-9-22(15)14-10-18-13-19-11-14)4-3-8-21(12-17)16(24)20-6-1-2-7-20/h10-11,13H,1-9,12H2. The van der Waals surface area contributed by atoms with Crippen LogP contribution >= 0.6 is 0 Å². The van der Waals surface area contributed by atoms with Crippen LogP contribution in [0.2, 0.25) is 0 Å².